The van der Waals surface area contributed by atoms with Crippen molar-refractivity contribution in [1.82, 2.24) is 5.32 Å². The van der Waals surface area contributed by atoms with Gasteiger partial charge in [-0.3, -0.25) is 4.79 Å². The summed E-state index contributed by atoms with van der Waals surface area (Å²) >= 11 is 0. The number of nitrogens with one attached hydrogen (secondary N) is 1. The fourth-order valence-corrected chi connectivity index (χ4v) is 5.52. The molecule has 1 saturated heterocycles. The normalized spacial score (nSPS) is 31.6. The van der Waals surface area contributed by atoms with Crippen LogP contribution in [0.15, 0.2) is 42.5 Å². The molecule has 166 valence electrons. The van der Waals surface area contributed by atoms with Crippen LogP contribution in [0.2, 0.25) is 0 Å². The lowest BCUT2D eigenvalue weighted by atomic mass is 9.81. The average molecular weight is 425 g/mol. The highest BCUT2D eigenvalue weighted by molar-refractivity contribution is 5.88. The summed E-state index contributed by atoms with van der Waals surface area (Å²) in [6.45, 7) is 8.09. The van der Waals surface area contributed by atoms with E-state index < -0.39 is 5.54 Å². The van der Waals surface area contributed by atoms with Crippen LogP contribution in [0.1, 0.15) is 67.4 Å². The molecule has 2 aliphatic rings. The molecule has 4 rings (SSSR count). The minimum atomic E-state index is -0.844. The van der Waals surface area contributed by atoms with Gasteiger partial charge in [0.25, 0.3) is 0 Å². The number of aryl methyl sites for hydroxylation is 2. The maximum Gasteiger partial charge on any atom is 0.240 e. The molecule has 1 saturated carbocycles. The Morgan fingerprint density at radius 2 is 1.77 bits per heavy atom. The topological polar surface area (TPSA) is 64.3 Å². The van der Waals surface area contributed by atoms with Gasteiger partial charge in [-0.2, -0.15) is 0 Å². The third kappa shape index (κ3) is 4.53. The third-order valence-electron chi connectivity index (χ3n) is 6.99. The second-order valence-electron chi connectivity index (χ2n) is 9.76. The van der Waals surface area contributed by atoms with E-state index in [1.807, 2.05) is 12.1 Å². The van der Waals surface area contributed by atoms with Crippen molar-refractivity contribution in [2.24, 2.45) is 11.7 Å². The number of hydrogen-bond donors (Lipinski definition) is 2. The van der Waals surface area contributed by atoms with Crippen LogP contribution in [0.4, 0.5) is 4.39 Å². The summed E-state index contributed by atoms with van der Waals surface area (Å²) in [6.07, 6.45) is 2.38. The molecule has 0 unspecified atom stereocenters. The smallest absolute Gasteiger partial charge is 0.240 e. The van der Waals surface area contributed by atoms with Gasteiger partial charge >= 0.3 is 0 Å². The Labute approximate surface area is 184 Å². The summed E-state index contributed by atoms with van der Waals surface area (Å²) in [5.41, 5.74) is 10.0. The van der Waals surface area contributed by atoms with Crippen molar-refractivity contribution in [2.45, 2.75) is 76.7 Å². The lowest BCUT2D eigenvalue weighted by molar-refractivity contribution is -0.123. The van der Waals surface area contributed by atoms with Crippen LogP contribution in [-0.4, -0.2) is 23.6 Å². The van der Waals surface area contributed by atoms with Crippen molar-refractivity contribution in [1.29, 1.82) is 0 Å². The second kappa shape index (κ2) is 8.36. The molecule has 1 heterocycles. The highest BCUT2D eigenvalue weighted by Gasteiger charge is 2.49. The Kier molecular flexibility index (Phi) is 5.93. The summed E-state index contributed by atoms with van der Waals surface area (Å²) in [5.74, 6) is -0.0595. The number of hydrogen-bond acceptors (Lipinski definition) is 3. The van der Waals surface area contributed by atoms with Crippen LogP contribution >= 0.6 is 0 Å². The van der Waals surface area contributed by atoms with E-state index in [9.17, 15) is 9.18 Å². The van der Waals surface area contributed by atoms with E-state index in [0.29, 0.717) is 6.42 Å². The quantitative estimate of drug-likeness (QED) is 0.732. The molecule has 5 heteroatoms. The van der Waals surface area contributed by atoms with Crippen LogP contribution in [0.5, 0.6) is 0 Å². The molecule has 6 atom stereocenters. The van der Waals surface area contributed by atoms with Crippen LogP contribution in [0, 0.1) is 25.6 Å². The summed E-state index contributed by atoms with van der Waals surface area (Å²) in [5, 5.41) is 3.12. The number of rotatable bonds is 5. The molecule has 3 N–H and O–H groups in total. The first-order chi connectivity index (χ1) is 14.6. The average Bonchev–Trinajstić information content (AvgIpc) is 3.22. The van der Waals surface area contributed by atoms with E-state index in [4.69, 9.17) is 10.5 Å². The monoisotopic (exact) mass is 424 g/mol. The van der Waals surface area contributed by atoms with Gasteiger partial charge in [0.05, 0.1) is 17.7 Å². The summed E-state index contributed by atoms with van der Waals surface area (Å²) < 4.78 is 20.3. The molecule has 31 heavy (non-hydrogen) atoms. The molecule has 0 bridgehead atoms. The molecule has 2 aromatic carbocycles. The van der Waals surface area contributed by atoms with Gasteiger partial charge in [0, 0.05) is 12.0 Å². The van der Waals surface area contributed by atoms with E-state index in [-0.39, 0.29) is 41.8 Å². The zero-order chi connectivity index (χ0) is 22.3. The fourth-order valence-electron chi connectivity index (χ4n) is 5.52. The van der Waals surface area contributed by atoms with Gasteiger partial charge in [0.15, 0.2) is 0 Å². The van der Waals surface area contributed by atoms with Gasteiger partial charge in [0.1, 0.15) is 5.82 Å². The zero-order valence-corrected chi connectivity index (χ0v) is 18.8. The number of benzene rings is 2. The van der Waals surface area contributed by atoms with Crippen LogP contribution in [0.25, 0.3) is 0 Å². The predicted molar refractivity (Wildman–Crippen MR) is 120 cm³/mol. The van der Waals surface area contributed by atoms with Crippen LogP contribution < -0.4 is 11.1 Å². The molecule has 0 radical (unpaired) electrons. The largest absolute Gasteiger partial charge is 0.370 e. The van der Waals surface area contributed by atoms with Crippen LogP contribution in [-0.2, 0) is 9.53 Å². The van der Waals surface area contributed by atoms with Crippen molar-refractivity contribution in [3.8, 4) is 0 Å². The maximum atomic E-state index is 13.6. The first kappa shape index (κ1) is 22.0. The van der Waals surface area contributed by atoms with Crippen molar-refractivity contribution < 1.29 is 13.9 Å². The Morgan fingerprint density at radius 1 is 1.13 bits per heavy atom. The Hall–Kier alpha value is -2.24. The summed E-state index contributed by atoms with van der Waals surface area (Å²) in [6, 6.07) is 13.2. The first-order valence-electron chi connectivity index (χ1n) is 11.2. The lowest BCUT2D eigenvalue weighted by Crippen LogP contribution is -2.43. The predicted octanol–water partition coefficient (Wildman–Crippen LogP) is 4.69. The SMILES string of the molecule is Cc1cc(C)cc([C@@H](C)O[C@H]2CC[C@@H]([C@H]3C[C@@](C)(N)C(=O)N3)[C@@H]2c2ccc(F)cc2)c1. The van der Waals surface area contributed by atoms with Crippen molar-refractivity contribution in [3.05, 3.63) is 70.5 Å². The Morgan fingerprint density at radius 3 is 2.35 bits per heavy atom. The zero-order valence-electron chi connectivity index (χ0n) is 18.8. The number of carbonyl (C=O) groups is 1. The molecular formula is C26H33FN2O2. The fraction of sp³-hybridized carbons (Fsp3) is 0.500. The molecule has 2 fully saturated rings. The Bertz CT molecular complexity index is 936. The number of ether oxygens (including phenoxy) is 1. The third-order valence-corrected chi connectivity index (χ3v) is 6.99. The molecule has 1 aliphatic heterocycles. The van der Waals surface area contributed by atoms with Crippen LogP contribution in [0.3, 0.4) is 0 Å². The molecule has 0 aromatic heterocycles. The lowest BCUT2D eigenvalue weighted by Gasteiger charge is -2.31. The van der Waals surface area contributed by atoms with E-state index in [0.717, 1.165) is 18.4 Å². The number of amides is 1. The highest BCUT2D eigenvalue weighted by Crippen LogP contribution is 2.47. The van der Waals surface area contributed by atoms with Crippen molar-refractivity contribution in [3.63, 3.8) is 0 Å². The minimum absolute atomic E-state index is 0.00248. The van der Waals surface area contributed by atoms with Crippen molar-refractivity contribution in [2.75, 3.05) is 0 Å². The van der Waals surface area contributed by atoms with Gasteiger partial charge in [0.2, 0.25) is 5.91 Å². The van der Waals surface area contributed by atoms with Gasteiger partial charge < -0.3 is 15.8 Å². The number of nitrogens with two attached hydrogens (primary N) is 1. The van der Waals surface area contributed by atoms with Gasteiger partial charge in [-0.1, -0.05) is 41.5 Å². The van der Waals surface area contributed by atoms with E-state index in [1.165, 1.54) is 28.8 Å². The van der Waals surface area contributed by atoms with E-state index in [2.05, 4.69) is 44.3 Å². The van der Waals surface area contributed by atoms with Gasteiger partial charge in [-0.15, -0.1) is 0 Å². The van der Waals surface area contributed by atoms with E-state index in [1.54, 1.807) is 6.92 Å². The molecule has 2 aromatic rings. The number of halogens is 1. The summed E-state index contributed by atoms with van der Waals surface area (Å²) in [4.78, 5) is 12.3. The molecular weight excluding hydrogens is 391 g/mol. The minimum Gasteiger partial charge on any atom is -0.370 e. The molecule has 1 aliphatic carbocycles. The molecule has 0 spiro atoms. The molecule has 1 amide bonds. The highest BCUT2D eigenvalue weighted by atomic mass is 19.1. The maximum absolute atomic E-state index is 13.6. The Balaban J connectivity index is 1.60. The number of carbonyl (C=O) groups excluding carboxylic acids is 1. The summed E-state index contributed by atoms with van der Waals surface area (Å²) in [7, 11) is 0. The van der Waals surface area contributed by atoms with E-state index >= 15 is 0 Å². The van der Waals surface area contributed by atoms with Crippen molar-refractivity contribution >= 4 is 5.91 Å². The standard InChI is InChI=1S/C26H33FN2O2/c1-15-11-16(2)13-19(12-15)17(3)31-23-10-9-21(22-14-26(4,28)25(30)29-22)24(23)18-5-7-20(27)8-6-18/h5-8,11-13,17,21-24H,9-10,14,28H2,1-4H3,(H,29,30)/t17-,21+,22-,23+,24+,26-/m1/s1. The second-order valence-corrected chi connectivity index (χ2v) is 9.76. The van der Waals surface area contributed by atoms with Gasteiger partial charge in [-0.05, 0) is 76.1 Å². The first-order valence-corrected chi connectivity index (χ1v) is 11.2. The van der Waals surface area contributed by atoms with Gasteiger partial charge in [-0.25, -0.2) is 4.39 Å². The molecule has 4 nitrogen and oxygen atoms in total.